The molecule has 0 aliphatic heterocycles. The number of hydrogen-bond donors (Lipinski definition) is 1. The van der Waals surface area contributed by atoms with Crippen LogP contribution in [0, 0.1) is 0 Å². The molecule has 1 unspecified atom stereocenters. The number of carbonyl (C=O) groups is 1. The molecule has 5 nitrogen and oxygen atoms in total. The van der Waals surface area contributed by atoms with Crippen molar-refractivity contribution in [3.05, 3.63) is 50.5 Å². The molecule has 3 aromatic heterocycles. The number of nitrogens with zero attached hydrogens (tertiary/aromatic N) is 2. The first-order valence-electron chi connectivity index (χ1n) is 6.40. The molecule has 1 N–H and O–H groups in total. The maximum atomic E-state index is 12.2. The second-order valence-electron chi connectivity index (χ2n) is 4.62. The number of rotatable bonds is 4. The number of nitrogens with one attached hydrogen (secondary N) is 1. The zero-order valence-corrected chi connectivity index (χ0v) is 12.9. The topological polar surface area (TPSA) is 64.0 Å². The van der Waals surface area contributed by atoms with E-state index in [-0.39, 0.29) is 24.1 Å². The van der Waals surface area contributed by atoms with Gasteiger partial charge in [0.2, 0.25) is 5.91 Å². The number of aromatic nitrogens is 2. The van der Waals surface area contributed by atoms with Crippen molar-refractivity contribution in [2.45, 2.75) is 19.5 Å². The Balaban J connectivity index is 1.74. The molecular formula is C14H13N3O2S2. The average molecular weight is 319 g/mol. The Morgan fingerprint density at radius 2 is 2.24 bits per heavy atom. The summed E-state index contributed by atoms with van der Waals surface area (Å²) in [5, 5.41) is 7.23. The maximum Gasteiger partial charge on any atom is 0.262 e. The Hall–Kier alpha value is -1.99. The van der Waals surface area contributed by atoms with Crippen molar-refractivity contribution < 1.29 is 4.79 Å². The van der Waals surface area contributed by atoms with Gasteiger partial charge in [-0.2, -0.15) is 0 Å². The molecule has 3 heterocycles. The minimum absolute atomic E-state index is 0.0205. The van der Waals surface area contributed by atoms with Gasteiger partial charge in [-0.1, -0.05) is 6.07 Å². The maximum absolute atomic E-state index is 12.2. The van der Waals surface area contributed by atoms with Crippen LogP contribution in [0.5, 0.6) is 0 Å². The molecule has 3 aromatic rings. The fourth-order valence-corrected chi connectivity index (χ4v) is 3.51. The number of thiophene rings is 2. The van der Waals surface area contributed by atoms with Crippen molar-refractivity contribution in [1.29, 1.82) is 0 Å². The first kappa shape index (κ1) is 14.0. The number of fused-ring (bicyclic) bond motifs is 1. The van der Waals surface area contributed by atoms with E-state index in [0.29, 0.717) is 10.2 Å². The van der Waals surface area contributed by atoms with Crippen molar-refractivity contribution in [2.75, 3.05) is 0 Å². The molecule has 0 fully saturated rings. The lowest BCUT2D eigenvalue weighted by atomic mass is 10.3. The van der Waals surface area contributed by atoms with Crippen molar-refractivity contribution in [2.24, 2.45) is 0 Å². The molecule has 0 radical (unpaired) electrons. The van der Waals surface area contributed by atoms with Crippen molar-refractivity contribution in [3.8, 4) is 0 Å². The predicted molar refractivity (Wildman–Crippen MR) is 84.8 cm³/mol. The third-order valence-electron chi connectivity index (χ3n) is 3.11. The van der Waals surface area contributed by atoms with Gasteiger partial charge in [-0.3, -0.25) is 14.2 Å². The highest BCUT2D eigenvalue weighted by molar-refractivity contribution is 7.16. The van der Waals surface area contributed by atoms with E-state index in [1.807, 2.05) is 29.8 Å². The van der Waals surface area contributed by atoms with Crippen molar-refractivity contribution in [1.82, 2.24) is 14.9 Å². The lowest BCUT2D eigenvalue weighted by Gasteiger charge is -2.12. The Bertz CT molecular complexity index is 820. The third-order valence-corrected chi connectivity index (χ3v) is 4.99. The molecule has 108 valence electrons. The summed E-state index contributed by atoms with van der Waals surface area (Å²) in [6.45, 7) is 1.90. The molecule has 3 rings (SSSR count). The molecular weight excluding hydrogens is 306 g/mol. The summed E-state index contributed by atoms with van der Waals surface area (Å²) < 4.78 is 1.34. The van der Waals surface area contributed by atoms with E-state index in [2.05, 4.69) is 10.3 Å². The van der Waals surface area contributed by atoms with Crippen LogP contribution in [0.1, 0.15) is 17.8 Å². The van der Waals surface area contributed by atoms with Crippen LogP contribution in [0.25, 0.3) is 10.2 Å². The van der Waals surface area contributed by atoms with E-state index < -0.39 is 0 Å². The molecule has 0 bridgehead atoms. The van der Waals surface area contributed by atoms with E-state index in [1.165, 1.54) is 22.2 Å². The average Bonchev–Trinajstić information content (AvgIpc) is 3.12. The van der Waals surface area contributed by atoms with Crippen LogP contribution in [0.15, 0.2) is 40.1 Å². The Kier molecular flexibility index (Phi) is 3.85. The summed E-state index contributed by atoms with van der Waals surface area (Å²) in [4.78, 5) is 30.2. The molecule has 7 heteroatoms. The highest BCUT2D eigenvalue weighted by Crippen LogP contribution is 2.18. The second kappa shape index (κ2) is 5.79. The normalized spacial score (nSPS) is 12.4. The Morgan fingerprint density at radius 3 is 3.00 bits per heavy atom. The molecule has 1 atom stereocenters. The Morgan fingerprint density at radius 1 is 1.38 bits per heavy atom. The zero-order chi connectivity index (χ0) is 14.8. The summed E-state index contributed by atoms with van der Waals surface area (Å²) in [5.74, 6) is -0.200. The standard InChI is InChI=1S/C14H13N3O2S2/c1-9(11-3-2-5-20-11)16-12(18)7-17-8-15-13-10(14(17)19)4-6-21-13/h2-6,8-9H,7H2,1H3,(H,16,18). The van der Waals surface area contributed by atoms with E-state index in [4.69, 9.17) is 0 Å². The van der Waals surface area contributed by atoms with Gasteiger partial charge in [0, 0.05) is 4.88 Å². The van der Waals surface area contributed by atoms with Gasteiger partial charge in [0.25, 0.3) is 5.56 Å². The van der Waals surface area contributed by atoms with Crippen LogP contribution in [0.3, 0.4) is 0 Å². The number of carbonyl (C=O) groups excluding carboxylic acids is 1. The zero-order valence-electron chi connectivity index (χ0n) is 11.3. The SMILES string of the molecule is CC(NC(=O)Cn1cnc2sccc2c1=O)c1cccs1. The lowest BCUT2D eigenvalue weighted by Crippen LogP contribution is -2.33. The van der Waals surface area contributed by atoms with E-state index in [0.717, 1.165) is 4.88 Å². The van der Waals surface area contributed by atoms with Gasteiger partial charge < -0.3 is 5.32 Å². The molecule has 0 spiro atoms. The summed E-state index contributed by atoms with van der Waals surface area (Å²) in [5.41, 5.74) is -0.180. The minimum Gasteiger partial charge on any atom is -0.347 e. The first-order valence-corrected chi connectivity index (χ1v) is 8.16. The molecule has 0 aromatic carbocycles. The van der Waals surface area contributed by atoms with E-state index >= 15 is 0 Å². The number of hydrogen-bond acceptors (Lipinski definition) is 5. The molecule has 0 saturated heterocycles. The smallest absolute Gasteiger partial charge is 0.262 e. The van der Waals surface area contributed by atoms with Crippen LogP contribution in [-0.2, 0) is 11.3 Å². The summed E-state index contributed by atoms with van der Waals surface area (Å²) >= 11 is 3.01. The molecule has 0 aliphatic rings. The summed E-state index contributed by atoms with van der Waals surface area (Å²) in [6.07, 6.45) is 1.43. The monoisotopic (exact) mass is 319 g/mol. The molecule has 0 saturated carbocycles. The van der Waals surface area contributed by atoms with Gasteiger partial charge in [0.15, 0.2) is 0 Å². The number of amides is 1. The van der Waals surface area contributed by atoms with Gasteiger partial charge in [0.1, 0.15) is 11.4 Å². The van der Waals surface area contributed by atoms with Gasteiger partial charge in [-0.15, -0.1) is 22.7 Å². The fourth-order valence-electron chi connectivity index (χ4n) is 2.06. The third kappa shape index (κ3) is 2.88. The van der Waals surface area contributed by atoms with Crippen molar-refractivity contribution in [3.63, 3.8) is 0 Å². The minimum atomic E-state index is -0.200. The largest absolute Gasteiger partial charge is 0.347 e. The quantitative estimate of drug-likeness (QED) is 0.803. The van der Waals surface area contributed by atoms with Gasteiger partial charge in [-0.25, -0.2) is 4.98 Å². The van der Waals surface area contributed by atoms with Gasteiger partial charge >= 0.3 is 0 Å². The van der Waals surface area contributed by atoms with E-state index in [1.54, 1.807) is 17.4 Å². The van der Waals surface area contributed by atoms with Crippen LogP contribution in [0.2, 0.25) is 0 Å². The molecule has 21 heavy (non-hydrogen) atoms. The summed E-state index contributed by atoms with van der Waals surface area (Å²) in [6, 6.07) is 5.59. The second-order valence-corrected chi connectivity index (χ2v) is 6.50. The van der Waals surface area contributed by atoms with Gasteiger partial charge in [0.05, 0.1) is 17.8 Å². The van der Waals surface area contributed by atoms with E-state index in [9.17, 15) is 9.59 Å². The van der Waals surface area contributed by atoms with Crippen molar-refractivity contribution >= 4 is 38.8 Å². The highest BCUT2D eigenvalue weighted by Gasteiger charge is 2.12. The Labute approximate surface area is 128 Å². The molecule has 0 aliphatic carbocycles. The highest BCUT2D eigenvalue weighted by atomic mass is 32.1. The van der Waals surface area contributed by atoms with Crippen LogP contribution in [-0.4, -0.2) is 15.5 Å². The van der Waals surface area contributed by atoms with Crippen LogP contribution in [0.4, 0.5) is 0 Å². The molecule has 1 amide bonds. The van der Waals surface area contributed by atoms with Crippen LogP contribution >= 0.6 is 22.7 Å². The predicted octanol–water partition coefficient (Wildman–Crippen LogP) is 2.40. The fraction of sp³-hybridized carbons (Fsp3) is 0.214. The van der Waals surface area contributed by atoms with Gasteiger partial charge in [-0.05, 0) is 29.8 Å². The summed E-state index contributed by atoms with van der Waals surface area (Å²) in [7, 11) is 0. The first-order chi connectivity index (χ1) is 10.1. The van der Waals surface area contributed by atoms with Crippen LogP contribution < -0.4 is 10.9 Å². The lowest BCUT2D eigenvalue weighted by molar-refractivity contribution is -0.122.